The van der Waals surface area contributed by atoms with Gasteiger partial charge in [-0.1, -0.05) is 13.8 Å². The quantitative estimate of drug-likeness (QED) is 0.375. The van der Waals surface area contributed by atoms with E-state index < -0.39 is 43.2 Å². The minimum Gasteiger partial charge on any atom is -0.480 e. The monoisotopic (exact) mass is 443 g/mol. The summed E-state index contributed by atoms with van der Waals surface area (Å²) in [4.78, 5) is 39.3. The van der Waals surface area contributed by atoms with Crippen molar-refractivity contribution in [3.63, 3.8) is 0 Å². The predicted octanol–water partition coefficient (Wildman–Crippen LogP) is 1.24. The number of carbonyl (C=O) groups is 3. The first-order chi connectivity index (χ1) is 14.0. The first kappa shape index (κ1) is 23.9. The lowest BCUT2D eigenvalue weighted by Gasteiger charge is -2.40. The van der Waals surface area contributed by atoms with Gasteiger partial charge in [-0.05, 0) is 24.6 Å². The topological polar surface area (TPSA) is 153 Å². The Kier molecular flexibility index (Phi) is 8.08. The Morgan fingerprint density at radius 1 is 1.37 bits per heavy atom. The minimum absolute atomic E-state index is 0.00589. The predicted molar refractivity (Wildman–Crippen MR) is 104 cm³/mol. The molecule has 0 bridgehead atoms. The number of nitrogens with one attached hydrogen (secondary N) is 2. The molecular weight excluding hydrogens is 417 g/mol. The molecule has 1 saturated heterocycles. The molecule has 12 heteroatoms. The van der Waals surface area contributed by atoms with Crippen molar-refractivity contribution < 1.29 is 37.8 Å². The summed E-state index contributed by atoms with van der Waals surface area (Å²) in [7, 11) is -4.00. The van der Waals surface area contributed by atoms with E-state index in [0.29, 0.717) is 0 Å². The third-order valence-electron chi connectivity index (χ3n) is 4.30. The van der Waals surface area contributed by atoms with Crippen LogP contribution in [0.5, 0.6) is 0 Å². The number of aliphatic carboxylic acids is 1. The summed E-state index contributed by atoms with van der Waals surface area (Å²) in [6.07, 6.45) is 1.94. The second kappa shape index (κ2) is 10.1. The Morgan fingerprint density at radius 2 is 2.03 bits per heavy atom. The van der Waals surface area contributed by atoms with Crippen molar-refractivity contribution >= 4 is 25.6 Å². The van der Waals surface area contributed by atoms with E-state index in [1.807, 2.05) is 0 Å². The molecule has 166 valence electrons. The Hall–Kier alpha value is -2.33. The molecule has 1 aliphatic rings. The second-order valence-electron chi connectivity index (χ2n) is 7.49. The highest BCUT2D eigenvalue weighted by molar-refractivity contribution is 7.51. The molecule has 0 aliphatic carbocycles. The molecule has 11 nitrogen and oxygen atoms in total. The fourth-order valence-electron chi connectivity index (χ4n) is 2.50. The van der Waals surface area contributed by atoms with Crippen molar-refractivity contribution in [2.75, 3.05) is 13.2 Å². The molecule has 0 saturated carbocycles. The van der Waals surface area contributed by atoms with Gasteiger partial charge in [0.25, 0.3) is 0 Å². The van der Waals surface area contributed by atoms with E-state index in [-0.39, 0.29) is 26.2 Å². The van der Waals surface area contributed by atoms with Crippen LogP contribution in [0, 0.1) is 5.41 Å². The lowest BCUT2D eigenvalue weighted by molar-refractivity contribution is -0.145. The third-order valence-corrected chi connectivity index (χ3v) is 5.96. The van der Waals surface area contributed by atoms with Gasteiger partial charge in [0.2, 0.25) is 5.91 Å². The van der Waals surface area contributed by atoms with Crippen LogP contribution in [-0.2, 0) is 39.3 Å². The van der Waals surface area contributed by atoms with Crippen LogP contribution in [0.25, 0.3) is 0 Å². The number of pyridine rings is 1. The maximum Gasteiger partial charge on any atom is 0.407 e. The zero-order valence-corrected chi connectivity index (χ0v) is 17.9. The largest absolute Gasteiger partial charge is 0.480 e. The number of hydrogen-bond acceptors (Lipinski definition) is 8. The van der Waals surface area contributed by atoms with Crippen molar-refractivity contribution in [3.05, 3.63) is 30.1 Å². The summed E-state index contributed by atoms with van der Waals surface area (Å²) in [6.45, 7) is 4.65. The van der Waals surface area contributed by atoms with Gasteiger partial charge in [0.05, 0.1) is 13.0 Å². The molecule has 0 spiro atoms. The second-order valence-corrected chi connectivity index (χ2v) is 9.21. The van der Waals surface area contributed by atoms with E-state index in [9.17, 15) is 18.9 Å². The average molecular weight is 443 g/mol. The van der Waals surface area contributed by atoms with Crippen molar-refractivity contribution in [1.29, 1.82) is 0 Å². The number of aromatic nitrogens is 1. The van der Waals surface area contributed by atoms with E-state index >= 15 is 0 Å². The molecule has 1 aliphatic heterocycles. The molecule has 1 amide bonds. The van der Waals surface area contributed by atoms with Gasteiger partial charge >= 0.3 is 19.7 Å². The van der Waals surface area contributed by atoms with Crippen LogP contribution in [-0.4, -0.2) is 53.2 Å². The summed E-state index contributed by atoms with van der Waals surface area (Å²) >= 11 is 0. The molecule has 1 aromatic heterocycles. The normalized spacial score (nSPS) is 23.9. The highest BCUT2D eigenvalue weighted by Crippen LogP contribution is 2.53. The third kappa shape index (κ3) is 6.88. The van der Waals surface area contributed by atoms with Gasteiger partial charge in [0.1, 0.15) is 12.6 Å². The van der Waals surface area contributed by atoms with Crippen molar-refractivity contribution in [1.82, 2.24) is 15.4 Å². The van der Waals surface area contributed by atoms with E-state index in [4.69, 9.17) is 18.9 Å². The van der Waals surface area contributed by atoms with Crippen LogP contribution in [0.1, 0.15) is 32.8 Å². The van der Waals surface area contributed by atoms with Gasteiger partial charge in [-0.2, -0.15) is 0 Å². The van der Waals surface area contributed by atoms with Gasteiger partial charge in [-0.3, -0.25) is 28.4 Å². The van der Waals surface area contributed by atoms with Gasteiger partial charge in [0.15, 0.2) is 6.10 Å². The highest BCUT2D eigenvalue weighted by Gasteiger charge is 2.48. The van der Waals surface area contributed by atoms with E-state index in [0.717, 1.165) is 5.56 Å². The molecule has 1 aromatic rings. The van der Waals surface area contributed by atoms with Gasteiger partial charge < -0.3 is 15.2 Å². The molecule has 3 N–H and O–H groups in total. The minimum atomic E-state index is -4.00. The van der Waals surface area contributed by atoms with E-state index in [2.05, 4.69) is 15.4 Å². The van der Waals surface area contributed by atoms with Crippen LogP contribution >= 0.6 is 7.75 Å². The van der Waals surface area contributed by atoms with Crippen LogP contribution in [0.4, 0.5) is 0 Å². The highest BCUT2D eigenvalue weighted by atomic mass is 31.2. The number of rotatable bonds is 9. The van der Waals surface area contributed by atoms with E-state index in [1.54, 1.807) is 38.4 Å². The number of ether oxygens (including phenoxy) is 1. The first-order valence-corrected chi connectivity index (χ1v) is 10.8. The summed E-state index contributed by atoms with van der Waals surface area (Å²) in [6, 6.07) is 2.24. The van der Waals surface area contributed by atoms with Gasteiger partial charge in [-0.15, -0.1) is 0 Å². The summed E-state index contributed by atoms with van der Waals surface area (Å²) in [5.41, 5.74) is -0.0351. The number of carboxylic acid groups (broad SMARTS) is 1. The summed E-state index contributed by atoms with van der Waals surface area (Å²) < 4.78 is 28.3. The van der Waals surface area contributed by atoms with Crippen LogP contribution in [0.3, 0.4) is 0 Å². The molecule has 0 radical (unpaired) electrons. The lowest BCUT2D eigenvalue weighted by Crippen LogP contribution is -2.51. The maximum absolute atomic E-state index is 12.7. The Labute approximate surface area is 174 Å². The molecule has 0 aromatic carbocycles. The zero-order valence-electron chi connectivity index (χ0n) is 17.0. The molecule has 3 atom stereocenters. The Bertz CT molecular complexity index is 817. The van der Waals surface area contributed by atoms with Gasteiger partial charge in [-0.25, -0.2) is 9.65 Å². The van der Waals surface area contributed by atoms with Gasteiger partial charge in [0, 0.05) is 24.4 Å². The zero-order chi connectivity index (χ0) is 22.4. The van der Waals surface area contributed by atoms with Crippen molar-refractivity contribution in [2.45, 2.75) is 45.9 Å². The van der Waals surface area contributed by atoms with Crippen LogP contribution in [0.2, 0.25) is 0 Å². The lowest BCUT2D eigenvalue weighted by atomic mass is 9.87. The number of carboxylic acids is 1. The molecular formula is C18H26N3O8P. The SMILES string of the molecule is CC(N[P@]1(=O)OCC(C)(C)[C@H](C(=O)NCCC(=O)OCc2ccncc2)O1)C(=O)O. The molecule has 30 heavy (non-hydrogen) atoms. The number of amides is 1. The number of hydrogen-bond donors (Lipinski definition) is 3. The molecule has 2 rings (SSSR count). The maximum atomic E-state index is 12.7. The fraction of sp³-hybridized carbons (Fsp3) is 0.556. The molecule has 2 heterocycles. The van der Waals surface area contributed by atoms with E-state index in [1.165, 1.54) is 6.92 Å². The van der Waals surface area contributed by atoms with Crippen molar-refractivity contribution in [2.24, 2.45) is 5.41 Å². The number of carbonyl (C=O) groups excluding carboxylic acids is 2. The number of nitrogens with zero attached hydrogens (tertiary/aromatic N) is 1. The first-order valence-electron chi connectivity index (χ1n) is 9.28. The van der Waals surface area contributed by atoms with Crippen LogP contribution < -0.4 is 10.4 Å². The molecule has 1 unspecified atom stereocenters. The summed E-state index contributed by atoms with van der Waals surface area (Å²) in [5.74, 6) is -2.33. The molecule has 1 fully saturated rings. The fourth-order valence-corrected chi connectivity index (χ4v) is 4.44. The standard InChI is InChI=1S/C18H26N3O8P/c1-12(17(24)25)21-30(26)28-11-18(2,3)15(29-30)16(23)20-9-6-14(22)27-10-13-4-7-19-8-5-13/h4-5,7-8,12,15H,6,9-11H2,1-3H3,(H,20,23)(H,21,26)(H,24,25)/t12?,15-,30-/m0/s1. The Morgan fingerprint density at radius 3 is 2.67 bits per heavy atom. The van der Waals surface area contributed by atoms with Crippen LogP contribution in [0.15, 0.2) is 24.5 Å². The Balaban J connectivity index is 1.85. The number of esters is 1. The smallest absolute Gasteiger partial charge is 0.407 e. The summed E-state index contributed by atoms with van der Waals surface area (Å²) in [5, 5.41) is 13.8. The van der Waals surface area contributed by atoms with Crippen molar-refractivity contribution in [3.8, 4) is 0 Å². The average Bonchev–Trinajstić information content (AvgIpc) is 2.69.